The van der Waals surface area contributed by atoms with E-state index in [4.69, 9.17) is 10.5 Å². The Morgan fingerprint density at radius 2 is 1.74 bits per heavy atom. The lowest BCUT2D eigenvalue weighted by atomic mass is 9.81. The van der Waals surface area contributed by atoms with Crippen molar-refractivity contribution in [2.24, 2.45) is 17.8 Å². The molecular weight excluding hydrogens is 288 g/mol. The van der Waals surface area contributed by atoms with Gasteiger partial charge in [-0.1, -0.05) is 12.1 Å². The van der Waals surface area contributed by atoms with Gasteiger partial charge in [0.25, 0.3) is 0 Å². The largest absolute Gasteiger partial charge is 0.444 e. The molecule has 1 aromatic rings. The van der Waals surface area contributed by atoms with Crippen LogP contribution in [0.4, 0.5) is 10.5 Å². The Bertz CT molecular complexity index is 548. The van der Waals surface area contributed by atoms with E-state index in [1.54, 1.807) is 0 Å². The van der Waals surface area contributed by atoms with Gasteiger partial charge in [-0.3, -0.25) is 0 Å². The zero-order chi connectivity index (χ0) is 16.6. The average Bonchev–Trinajstić information content (AvgIpc) is 2.69. The topological polar surface area (TPSA) is 55.6 Å². The molecule has 0 radical (unpaired) electrons. The third-order valence-electron chi connectivity index (χ3n) is 5.13. The number of benzene rings is 1. The van der Waals surface area contributed by atoms with Crippen LogP contribution in [-0.2, 0) is 11.2 Å². The fourth-order valence-corrected chi connectivity index (χ4v) is 4.07. The number of hydrogen-bond donors (Lipinski definition) is 1. The Labute approximate surface area is 139 Å². The van der Waals surface area contributed by atoms with Gasteiger partial charge < -0.3 is 15.4 Å². The van der Waals surface area contributed by atoms with E-state index in [2.05, 4.69) is 12.1 Å². The van der Waals surface area contributed by atoms with Crippen LogP contribution < -0.4 is 5.73 Å². The highest BCUT2D eigenvalue weighted by molar-refractivity contribution is 5.68. The van der Waals surface area contributed by atoms with E-state index in [1.165, 1.54) is 18.4 Å². The SMILES string of the molecule is CC(C)(C)OC(=O)N1CC2CCC(C1)C2Cc1ccc(N)cc1. The number of hydrogen-bond acceptors (Lipinski definition) is 3. The van der Waals surface area contributed by atoms with Crippen LogP contribution in [0.25, 0.3) is 0 Å². The molecule has 0 aromatic heterocycles. The van der Waals surface area contributed by atoms with Crippen LogP contribution in [0.2, 0.25) is 0 Å². The van der Waals surface area contributed by atoms with E-state index in [0.29, 0.717) is 17.8 Å². The predicted molar refractivity (Wildman–Crippen MR) is 92.1 cm³/mol. The Morgan fingerprint density at radius 1 is 1.17 bits per heavy atom. The molecule has 2 atom stereocenters. The van der Waals surface area contributed by atoms with Crippen molar-refractivity contribution in [3.63, 3.8) is 0 Å². The summed E-state index contributed by atoms with van der Waals surface area (Å²) in [4.78, 5) is 14.2. The summed E-state index contributed by atoms with van der Waals surface area (Å²) in [6, 6.07) is 8.23. The van der Waals surface area contributed by atoms with E-state index in [1.807, 2.05) is 37.8 Å². The summed E-state index contributed by atoms with van der Waals surface area (Å²) in [6.07, 6.45) is 3.39. The van der Waals surface area contributed by atoms with Gasteiger partial charge in [0.15, 0.2) is 0 Å². The molecule has 1 amide bonds. The van der Waals surface area contributed by atoms with E-state index in [9.17, 15) is 4.79 Å². The van der Waals surface area contributed by atoms with Gasteiger partial charge >= 0.3 is 6.09 Å². The van der Waals surface area contributed by atoms with Crippen LogP contribution in [0.5, 0.6) is 0 Å². The molecule has 23 heavy (non-hydrogen) atoms. The van der Waals surface area contributed by atoms with Crippen LogP contribution in [-0.4, -0.2) is 29.7 Å². The maximum atomic E-state index is 12.3. The van der Waals surface area contributed by atoms with Gasteiger partial charge in [0, 0.05) is 18.8 Å². The highest BCUT2D eigenvalue weighted by Gasteiger charge is 2.43. The molecule has 4 heteroatoms. The van der Waals surface area contributed by atoms with E-state index >= 15 is 0 Å². The number of carbonyl (C=O) groups is 1. The van der Waals surface area contributed by atoms with Crippen LogP contribution >= 0.6 is 0 Å². The molecule has 1 saturated heterocycles. The van der Waals surface area contributed by atoms with Gasteiger partial charge in [0.05, 0.1) is 0 Å². The number of nitrogens with zero attached hydrogens (tertiary/aromatic N) is 1. The molecule has 126 valence electrons. The average molecular weight is 316 g/mol. The summed E-state index contributed by atoms with van der Waals surface area (Å²) in [7, 11) is 0. The number of nitrogen functional groups attached to an aromatic ring is 1. The lowest BCUT2D eigenvalue weighted by Crippen LogP contribution is -2.47. The number of likely N-dealkylation sites (tertiary alicyclic amines) is 1. The Kier molecular flexibility index (Phi) is 4.26. The Balaban J connectivity index is 1.63. The van der Waals surface area contributed by atoms with Crippen LogP contribution in [0.3, 0.4) is 0 Å². The smallest absolute Gasteiger partial charge is 0.410 e. The molecule has 1 saturated carbocycles. The van der Waals surface area contributed by atoms with Crippen molar-refractivity contribution in [1.82, 2.24) is 4.90 Å². The minimum atomic E-state index is -0.420. The van der Waals surface area contributed by atoms with E-state index in [0.717, 1.165) is 25.2 Å². The Morgan fingerprint density at radius 3 is 2.26 bits per heavy atom. The lowest BCUT2D eigenvalue weighted by molar-refractivity contribution is 0.00801. The van der Waals surface area contributed by atoms with Gasteiger partial charge in [-0.25, -0.2) is 4.79 Å². The van der Waals surface area contributed by atoms with Gasteiger partial charge in [0.1, 0.15) is 5.60 Å². The van der Waals surface area contributed by atoms with Crippen molar-refractivity contribution < 1.29 is 9.53 Å². The molecule has 2 N–H and O–H groups in total. The Hall–Kier alpha value is -1.71. The highest BCUT2D eigenvalue weighted by Crippen LogP contribution is 2.43. The summed E-state index contributed by atoms with van der Waals surface area (Å²) >= 11 is 0. The van der Waals surface area contributed by atoms with Gasteiger partial charge in [-0.2, -0.15) is 0 Å². The zero-order valence-corrected chi connectivity index (χ0v) is 14.4. The van der Waals surface area contributed by atoms with Crippen molar-refractivity contribution in [1.29, 1.82) is 0 Å². The first kappa shape index (κ1) is 16.2. The van der Waals surface area contributed by atoms with Crippen molar-refractivity contribution in [2.75, 3.05) is 18.8 Å². The minimum absolute atomic E-state index is 0.152. The molecule has 3 rings (SSSR count). The second kappa shape index (κ2) is 6.06. The molecule has 2 fully saturated rings. The standard InChI is InChI=1S/C19H28N2O2/c1-19(2,3)23-18(22)21-11-14-6-7-15(12-21)17(14)10-13-4-8-16(20)9-5-13/h4-5,8-9,14-15,17H,6-7,10-12,20H2,1-3H3. The lowest BCUT2D eigenvalue weighted by Gasteiger charge is -2.38. The summed E-state index contributed by atoms with van der Waals surface area (Å²) in [5, 5.41) is 0. The number of amides is 1. The quantitative estimate of drug-likeness (QED) is 0.846. The molecule has 0 spiro atoms. The maximum absolute atomic E-state index is 12.3. The molecule has 1 aliphatic carbocycles. The minimum Gasteiger partial charge on any atom is -0.444 e. The molecule has 1 aliphatic heterocycles. The number of anilines is 1. The van der Waals surface area contributed by atoms with Crippen LogP contribution in [0.1, 0.15) is 39.2 Å². The first-order chi connectivity index (χ1) is 10.8. The van der Waals surface area contributed by atoms with Crippen LogP contribution in [0.15, 0.2) is 24.3 Å². The molecule has 1 heterocycles. The fourth-order valence-electron chi connectivity index (χ4n) is 4.07. The zero-order valence-electron chi connectivity index (χ0n) is 14.4. The summed E-state index contributed by atoms with van der Waals surface area (Å²) < 4.78 is 5.54. The molecule has 2 unspecified atom stereocenters. The molecule has 2 bridgehead atoms. The molecule has 2 aliphatic rings. The number of rotatable bonds is 2. The van der Waals surface area contributed by atoms with Gasteiger partial charge in [-0.15, -0.1) is 0 Å². The molecule has 1 aromatic carbocycles. The van der Waals surface area contributed by atoms with Gasteiger partial charge in [0.2, 0.25) is 0 Å². The second-order valence-corrected chi connectivity index (χ2v) is 8.09. The number of carbonyl (C=O) groups excluding carboxylic acids is 1. The predicted octanol–water partition coefficient (Wildman–Crippen LogP) is 3.70. The normalized spacial score (nSPS) is 27.1. The van der Waals surface area contributed by atoms with Crippen molar-refractivity contribution in [3.8, 4) is 0 Å². The third-order valence-corrected chi connectivity index (χ3v) is 5.13. The number of piperidine rings is 1. The van der Waals surface area contributed by atoms with Crippen LogP contribution in [0, 0.1) is 17.8 Å². The summed E-state index contributed by atoms with van der Waals surface area (Å²) in [6.45, 7) is 7.45. The first-order valence-electron chi connectivity index (χ1n) is 8.64. The third kappa shape index (κ3) is 3.80. The van der Waals surface area contributed by atoms with Crippen molar-refractivity contribution in [2.45, 2.75) is 45.6 Å². The maximum Gasteiger partial charge on any atom is 0.410 e. The summed E-state index contributed by atoms with van der Waals surface area (Å²) in [5.41, 5.74) is 7.52. The monoisotopic (exact) mass is 316 g/mol. The fraction of sp³-hybridized carbons (Fsp3) is 0.632. The van der Waals surface area contributed by atoms with Crippen molar-refractivity contribution in [3.05, 3.63) is 29.8 Å². The number of nitrogens with two attached hydrogens (primary N) is 1. The highest BCUT2D eigenvalue weighted by atomic mass is 16.6. The first-order valence-corrected chi connectivity index (χ1v) is 8.64. The second-order valence-electron chi connectivity index (χ2n) is 8.09. The number of fused-ring (bicyclic) bond motifs is 2. The van der Waals surface area contributed by atoms with E-state index < -0.39 is 5.60 Å². The molecule has 4 nitrogen and oxygen atoms in total. The number of ether oxygens (including phenoxy) is 1. The van der Waals surface area contributed by atoms with Gasteiger partial charge in [-0.05, 0) is 75.5 Å². The summed E-state index contributed by atoms with van der Waals surface area (Å²) in [5.74, 6) is 1.87. The van der Waals surface area contributed by atoms with E-state index in [-0.39, 0.29) is 6.09 Å². The van der Waals surface area contributed by atoms with Crippen molar-refractivity contribution >= 4 is 11.8 Å². The molecular formula is C19H28N2O2.